The van der Waals surface area contributed by atoms with Gasteiger partial charge in [-0.1, -0.05) is 71.0 Å². The molecule has 2 atom stereocenters. The molecule has 0 fully saturated rings. The van der Waals surface area contributed by atoms with Gasteiger partial charge >= 0.3 is 5.97 Å². The Hall–Kier alpha value is -1.42. The van der Waals surface area contributed by atoms with Crippen molar-refractivity contribution in [3.8, 4) is 5.75 Å². The first-order valence-electron chi connectivity index (χ1n) is 9.23. The molecule has 27 heavy (non-hydrogen) atoms. The Balaban J connectivity index is 2.19. The Morgan fingerprint density at radius 3 is 2.37 bits per heavy atom. The highest BCUT2D eigenvalue weighted by Gasteiger charge is 2.30. The summed E-state index contributed by atoms with van der Waals surface area (Å²) in [6.45, 7) is 12.3. The van der Waals surface area contributed by atoms with Crippen LogP contribution in [0.3, 0.4) is 0 Å². The summed E-state index contributed by atoms with van der Waals surface area (Å²) in [5.41, 5.74) is -0.0167. The summed E-state index contributed by atoms with van der Waals surface area (Å²) >= 11 is 5.89. The average molecular weight is 408 g/mol. The standard InChI is InChI=1S/C21H30NO3PS/c1-15(2)26(27,22-16(3)20(23)24-14-21(4,5)6)25-19-13-9-11-17-10-7-8-12-18(17)19/h7-13,15-16H,14H2,1-6H3,(H,22,27)/t16-,26?/m1/s1. The molecule has 0 heterocycles. The molecule has 0 saturated carbocycles. The number of benzene rings is 2. The second-order valence-electron chi connectivity index (χ2n) is 8.28. The van der Waals surface area contributed by atoms with Crippen molar-refractivity contribution < 1.29 is 14.1 Å². The third-order valence-corrected chi connectivity index (χ3v) is 8.42. The van der Waals surface area contributed by atoms with Crippen LogP contribution in [0.1, 0.15) is 41.5 Å². The molecule has 4 nitrogen and oxygen atoms in total. The Bertz CT molecular complexity index is 839. The molecule has 6 heteroatoms. The van der Waals surface area contributed by atoms with Crippen molar-refractivity contribution in [2.24, 2.45) is 5.41 Å². The number of ether oxygens (including phenoxy) is 1. The lowest BCUT2D eigenvalue weighted by atomic mass is 9.99. The highest BCUT2D eigenvalue weighted by atomic mass is 32.4. The molecule has 0 bridgehead atoms. The first-order valence-corrected chi connectivity index (χ1v) is 12.0. The molecular formula is C21H30NO3PS. The van der Waals surface area contributed by atoms with Crippen LogP contribution in [0, 0.1) is 5.41 Å². The van der Waals surface area contributed by atoms with Gasteiger partial charge in [0, 0.05) is 11.0 Å². The fourth-order valence-corrected chi connectivity index (χ4v) is 4.81. The van der Waals surface area contributed by atoms with Gasteiger partial charge in [-0.05, 0) is 35.6 Å². The first kappa shape index (κ1) is 21.9. The Kier molecular flexibility index (Phi) is 7.07. The zero-order valence-corrected chi connectivity index (χ0v) is 18.7. The van der Waals surface area contributed by atoms with Gasteiger partial charge < -0.3 is 9.26 Å². The van der Waals surface area contributed by atoms with E-state index in [4.69, 9.17) is 21.1 Å². The second kappa shape index (κ2) is 8.72. The third kappa shape index (κ3) is 6.03. The summed E-state index contributed by atoms with van der Waals surface area (Å²) in [7, 11) is 0. The summed E-state index contributed by atoms with van der Waals surface area (Å²) in [5, 5.41) is 5.38. The van der Waals surface area contributed by atoms with E-state index in [1.165, 1.54) is 0 Å². The number of carbonyl (C=O) groups excluding carboxylic acids is 1. The van der Waals surface area contributed by atoms with Gasteiger partial charge in [0.2, 0.25) is 0 Å². The molecule has 0 amide bonds. The van der Waals surface area contributed by atoms with Crippen molar-refractivity contribution >= 4 is 35.0 Å². The molecule has 1 N–H and O–H groups in total. The third-order valence-electron chi connectivity index (χ3n) is 4.04. The molecule has 2 rings (SSSR count). The van der Waals surface area contributed by atoms with E-state index < -0.39 is 12.5 Å². The normalized spacial score (nSPS) is 15.4. The molecular weight excluding hydrogens is 377 g/mol. The maximum absolute atomic E-state index is 12.4. The summed E-state index contributed by atoms with van der Waals surface area (Å²) in [6.07, 6.45) is -2.51. The molecule has 0 aliphatic carbocycles. The number of fused-ring (bicyclic) bond motifs is 1. The summed E-state index contributed by atoms with van der Waals surface area (Å²) in [4.78, 5) is 12.4. The number of esters is 1. The van der Waals surface area contributed by atoms with E-state index in [0.29, 0.717) is 6.61 Å². The van der Waals surface area contributed by atoms with Crippen LogP contribution < -0.4 is 9.61 Å². The molecule has 0 radical (unpaired) electrons. The van der Waals surface area contributed by atoms with Gasteiger partial charge in [-0.15, -0.1) is 0 Å². The summed E-state index contributed by atoms with van der Waals surface area (Å²) < 4.78 is 11.8. The Morgan fingerprint density at radius 2 is 1.74 bits per heavy atom. The van der Waals surface area contributed by atoms with Crippen LogP contribution in [0.5, 0.6) is 5.75 Å². The fourth-order valence-electron chi connectivity index (χ4n) is 2.44. The zero-order valence-electron chi connectivity index (χ0n) is 17.0. The van der Waals surface area contributed by atoms with Crippen LogP contribution in [0.25, 0.3) is 10.8 Å². The molecule has 0 aliphatic heterocycles. The highest BCUT2D eigenvalue weighted by Crippen LogP contribution is 2.50. The van der Waals surface area contributed by atoms with Crippen LogP contribution >= 0.6 is 6.42 Å². The monoisotopic (exact) mass is 407 g/mol. The number of rotatable bonds is 7. The highest BCUT2D eigenvalue weighted by molar-refractivity contribution is 8.11. The van der Waals surface area contributed by atoms with E-state index >= 15 is 0 Å². The van der Waals surface area contributed by atoms with Gasteiger partial charge in [-0.2, -0.15) is 0 Å². The van der Waals surface area contributed by atoms with Crippen LogP contribution in [0.2, 0.25) is 0 Å². The van der Waals surface area contributed by atoms with E-state index in [9.17, 15) is 4.79 Å². The smallest absolute Gasteiger partial charge is 0.323 e. The topological polar surface area (TPSA) is 47.6 Å². The maximum Gasteiger partial charge on any atom is 0.323 e. The quantitative estimate of drug-likeness (QED) is 0.485. The molecule has 0 aromatic heterocycles. The Morgan fingerprint density at radius 1 is 1.11 bits per heavy atom. The number of hydrogen-bond donors (Lipinski definition) is 1. The maximum atomic E-state index is 12.4. The SMILES string of the molecule is CC(C)P(=S)(N[C@H](C)C(=O)OCC(C)(C)C)Oc1cccc2ccccc12. The molecule has 2 aromatic carbocycles. The lowest BCUT2D eigenvalue weighted by molar-refractivity contribution is -0.147. The average Bonchev–Trinajstić information content (AvgIpc) is 2.59. The lowest BCUT2D eigenvalue weighted by Crippen LogP contribution is -2.37. The minimum atomic E-state index is -2.51. The summed E-state index contributed by atoms with van der Waals surface area (Å²) in [6, 6.07) is 13.4. The number of hydrogen-bond acceptors (Lipinski definition) is 4. The minimum absolute atomic E-state index is 0.0596. The molecule has 0 saturated heterocycles. The van der Waals surface area contributed by atoms with Crippen LogP contribution in [0.15, 0.2) is 42.5 Å². The molecule has 2 aromatic rings. The van der Waals surface area contributed by atoms with Crippen LogP contribution in [0.4, 0.5) is 0 Å². The number of nitrogens with one attached hydrogen (secondary N) is 1. The van der Waals surface area contributed by atoms with Gasteiger partial charge in [0.1, 0.15) is 11.8 Å². The van der Waals surface area contributed by atoms with Gasteiger partial charge in [-0.3, -0.25) is 4.79 Å². The van der Waals surface area contributed by atoms with Crippen molar-refractivity contribution in [3.05, 3.63) is 42.5 Å². The summed E-state index contributed by atoms with van der Waals surface area (Å²) in [5.74, 6) is 0.439. The lowest BCUT2D eigenvalue weighted by Gasteiger charge is -2.31. The minimum Gasteiger partial charge on any atom is -0.464 e. The predicted molar refractivity (Wildman–Crippen MR) is 117 cm³/mol. The number of carbonyl (C=O) groups is 1. The Labute approximate surface area is 167 Å². The van der Waals surface area contributed by atoms with Gasteiger partial charge in [0.25, 0.3) is 0 Å². The van der Waals surface area contributed by atoms with Crippen molar-refractivity contribution in [1.82, 2.24) is 5.09 Å². The second-order valence-corrected chi connectivity index (χ2v) is 12.6. The molecule has 0 aliphatic rings. The molecule has 1 unspecified atom stereocenters. The molecule has 0 spiro atoms. The predicted octanol–water partition coefficient (Wildman–Crippen LogP) is 5.50. The van der Waals surface area contributed by atoms with E-state index in [1.54, 1.807) is 6.92 Å². The van der Waals surface area contributed by atoms with Crippen LogP contribution in [-0.4, -0.2) is 24.3 Å². The van der Waals surface area contributed by atoms with Gasteiger partial charge in [-0.25, -0.2) is 5.09 Å². The largest absolute Gasteiger partial charge is 0.464 e. The zero-order chi connectivity index (χ0) is 20.2. The first-order chi connectivity index (χ1) is 12.5. The van der Waals surface area contributed by atoms with Gasteiger partial charge in [0.15, 0.2) is 6.42 Å². The fraction of sp³-hybridized carbons (Fsp3) is 0.476. The van der Waals surface area contributed by atoms with E-state index in [1.807, 2.05) is 77.1 Å². The van der Waals surface area contributed by atoms with Crippen molar-refractivity contribution in [1.29, 1.82) is 0 Å². The van der Waals surface area contributed by atoms with Crippen molar-refractivity contribution in [3.63, 3.8) is 0 Å². The van der Waals surface area contributed by atoms with E-state index in [0.717, 1.165) is 16.5 Å². The van der Waals surface area contributed by atoms with Gasteiger partial charge in [0.05, 0.1) is 6.61 Å². The molecule has 148 valence electrons. The van der Waals surface area contributed by atoms with Crippen molar-refractivity contribution in [2.45, 2.75) is 53.2 Å². The van der Waals surface area contributed by atoms with Crippen molar-refractivity contribution in [2.75, 3.05) is 6.61 Å². The van der Waals surface area contributed by atoms with E-state index in [2.05, 4.69) is 5.09 Å². The van der Waals surface area contributed by atoms with Crippen LogP contribution in [-0.2, 0) is 21.3 Å². The van der Waals surface area contributed by atoms with E-state index in [-0.39, 0.29) is 17.0 Å².